The van der Waals surface area contributed by atoms with Crippen molar-refractivity contribution in [3.8, 4) is 22.9 Å². The van der Waals surface area contributed by atoms with Crippen LogP contribution in [-0.4, -0.2) is 100 Å². The summed E-state index contributed by atoms with van der Waals surface area (Å²) in [4.78, 5) is 33.5. The molecule has 2 saturated heterocycles. The number of hydrogen-bond acceptors (Lipinski definition) is 13. The highest BCUT2D eigenvalue weighted by Crippen LogP contribution is 2.37. The van der Waals surface area contributed by atoms with Gasteiger partial charge in [0.15, 0.2) is 11.6 Å². The predicted molar refractivity (Wildman–Crippen MR) is 172 cm³/mol. The summed E-state index contributed by atoms with van der Waals surface area (Å²) in [6.45, 7) is 2.77. The highest BCUT2D eigenvalue weighted by molar-refractivity contribution is 7.92. The zero-order valence-corrected chi connectivity index (χ0v) is 27.2. The summed E-state index contributed by atoms with van der Waals surface area (Å²) in [5.41, 5.74) is 1.15. The van der Waals surface area contributed by atoms with Gasteiger partial charge in [0.2, 0.25) is 21.9 Å². The van der Waals surface area contributed by atoms with Gasteiger partial charge in [-0.15, -0.1) is 0 Å². The van der Waals surface area contributed by atoms with Crippen LogP contribution in [0.2, 0.25) is 0 Å². The van der Waals surface area contributed by atoms with E-state index in [1.54, 1.807) is 4.90 Å². The molecule has 0 spiro atoms. The van der Waals surface area contributed by atoms with Crippen molar-refractivity contribution in [3.63, 3.8) is 0 Å². The molecule has 1 N–H and O–H groups in total. The number of fused-ring (bicyclic) bond motifs is 1. The van der Waals surface area contributed by atoms with E-state index in [2.05, 4.69) is 19.4 Å². The van der Waals surface area contributed by atoms with E-state index in [0.717, 1.165) is 12.3 Å². The number of methoxy groups -OCH3 is 2. The molecular formula is C31H33F2N7O7S. The molecular weight excluding hydrogens is 652 g/mol. The molecule has 0 atom stereocenters. The molecule has 0 aliphatic carbocycles. The maximum Gasteiger partial charge on any atom is 0.339 e. The first-order chi connectivity index (χ1) is 23.0. The van der Waals surface area contributed by atoms with Gasteiger partial charge in [0.1, 0.15) is 28.9 Å². The summed E-state index contributed by atoms with van der Waals surface area (Å²) in [5.74, 6) is -1.19. The van der Waals surface area contributed by atoms with Gasteiger partial charge in [-0.1, -0.05) is 0 Å². The largest absolute Gasteiger partial charge is 0.488 e. The zero-order valence-electron chi connectivity index (χ0n) is 26.4. The van der Waals surface area contributed by atoms with Crippen LogP contribution in [0, 0.1) is 11.6 Å². The molecule has 3 aromatic heterocycles. The second kappa shape index (κ2) is 13.7. The van der Waals surface area contributed by atoms with Crippen molar-refractivity contribution in [1.29, 1.82) is 0 Å². The van der Waals surface area contributed by atoms with Crippen molar-refractivity contribution in [2.24, 2.45) is 0 Å². The van der Waals surface area contributed by atoms with Crippen LogP contribution in [0.5, 0.6) is 11.6 Å². The standard InChI is InChI=1S/C31H33F2N7O7S/c1-44-29-24(38-48(3,42)43)13-18(16-35-29)26-22-14-20(32)15-25(27(22)37-31(36-26)40-8-10-46-11-9-40)47-21-4-6-39(7-5-21)28-23(33)12-19(17-34-28)30(41)45-2/h12-17,21,38H,4-11H2,1-3H3. The summed E-state index contributed by atoms with van der Waals surface area (Å²) < 4.78 is 78.5. The highest BCUT2D eigenvalue weighted by atomic mass is 32.2. The first kappa shape index (κ1) is 33.0. The van der Waals surface area contributed by atoms with Crippen LogP contribution in [0.3, 0.4) is 0 Å². The van der Waals surface area contributed by atoms with Crippen LogP contribution in [0.15, 0.2) is 36.7 Å². The first-order valence-corrected chi connectivity index (χ1v) is 16.9. The third kappa shape index (κ3) is 7.16. The fourth-order valence-electron chi connectivity index (χ4n) is 5.65. The van der Waals surface area contributed by atoms with Gasteiger partial charge in [0.25, 0.3) is 0 Å². The SMILES string of the molecule is COC(=O)c1cnc(N2CCC(Oc3cc(F)cc4c(-c5cnc(OC)c(NS(C)(=O)=O)c5)nc(N5CCOCC5)nc34)CC2)c(F)c1. The van der Waals surface area contributed by atoms with Gasteiger partial charge in [-0.05, 0) is 18.2 Å². The minimum Gasteiger partial charge on any atom is -0.488 e. The van der Waals surface area contributed by atoms with Crippen LogP contribution in [-0.2, 0) is 19.5 Å². The molecule has 2 aliphatic heterocycles. The lowest BCUT2D eigenvalue weighted by Gasteiger charge is -2.33. The molecule has 0 amide bonds. The zero-order chi connectivity index (χ0) is 34.0. The fourth-order valence-corrected chi connectivity index (χ4v) is 6.19. The molecule has 0 saturated carbocycles. The van der Waals surface area contributed by atoms with Gasteiger partial charge in [-0.2, -0.15) is 0 Å². The third-order valence-corrected chi connectivity index (χ3v) is 8.49. The second-order valence-electron chi connectivity index (χ2n) is 11.3. The van der Waals surface area contributed by atoms with Gasteiger partial charge >= 0.3 is 5.97 Å². The van der Waals surface area contributed by atoms with E-state index in [9.17, 15) is 17.6 Å². The van der Waals surface area contributed by atoms with Crippen LogP contribution < -0.4 is 24.0 Å². The number of sulfonamides is 1. The number of aromatic nitrogens is 4. The Morgan fingerprint density at radius 2 is 1.73 bits per heavy atom. The predicted octanol–water partition coefficient (Wildman–Crippen LogP) is 3.42. The Balaban J connectivity index is 1.34. The fraction of sp³-hybridized carbons (Fsp3) is 0.387. The lowest BCUT2D eigenvalue weighted by atomic mass is 10.1. The maximum atomic E-state index is 15.3. The number of anilines is 3. The molecule has 1 aromatic carbocycles. The topological polar surface area (TPSA) is 158 Å². The quantitative estimate of drug-likeness (QED) is 0.256. The van der Waals surface area contributed by atoms with Gasteiger partial charge in [-0.25, -0.2) is 41.9 Å². The molecule has 5 heterocycles. The number of morpholine rings is 1. The molecule has 0 radical (unpaired) electrons. The number of benzene rings is 1. The number of hydrogen-bond donors (Lipinski definition) is 1. The normalized spacial score (nSPS) is 15.8. The van der Waals surface area contributed by atoms with Crippen molar-refractivity contribution < 1.29 is 40.9 Å². The van der Waals surface area contributed by atoms with Crippen molar-refractivity contribution in [2.75, 3.05) is 74.4 Å². The molecule has 14 nitrogen and oxygen atoms in total. The van der Waals surface area contributed by atoms with Gasteiger partial charge in [0, 0.05) is 68.4 Å². The number of rotatable bonds is 9. The average Bonchev–Trinajstić information content (AvgIpc) is 3.07. The van der Waals surface area contributed by atoms with Crippen LogP contribution in [0.4, 0.5) is 26.2 Å². The van der Waals surface area contributed by atoms with E-state index >= 15 is 4.39 Å². The number of halogens is 2. The molecule has 17 heteroatoms. The van der Waals surface area contributed by atoms with E-state index in [1.807, 2.05) is 4.90 Å². The second-order valence-corrected chi connectivity index (χ2v) is 13.0. The number of nitrogens with one attached hydrogen (secondary N) is 1. The van der Waals surface area contributed by atoms with Crippen molar-refractivity contribution in [3.05, 3.63) is 53.9 Å². The van der Waals surface area contributed by atoms with E-state index < -0.39 is 27.6 Å². The van der Waals surface area contributed by atoms with E-state index in [-0.39, 0.29) is 34.8 Å². The van der Waals surface area contributed by atoms with E-state index in [4.69, 9.17) is 24.2 Å². The first-order valence-electron chi connectivity index (χ1n) is 15.0. The Kier molecular flexibility index (Phi) is 9.41. The minimum atomic E-state index is -3.69. The van der Waals surface area contributed by atoms with E-state index in [0.29, 0.717) is 80.3 Å². The summed E-state index contributed by atoms with van der Waals surface area (Å²) in [7, 11) is -1.11. The third-order valence-electron chi connectivity index (χ3n) is 7.90. The number of carbonyl (C=O) groups excluding carboxylic acids is 1. The highest BCUT2D eigenvalue weighted by Gasteiger charge is 2.27. The number of piperidine rings is 1. The van der Waals surface area contributed by atoms with Gasteiger partial charge < -0.3 is 28.7 Å². The Morgan fingerprint density at radius 3 is 2.40 bits per heavy atom. The summed E-state index contributed by atoms with van der Waals surface area (Å²) >= 11 is 0. The molecule has 2 fully saturated rings. The summed E-state index contributed by atoms with van der Waals surface area (Å²) in [6.07, 6.45) is 4.32. The molecule has 0 bridgehead atoms. The van der Waals surface area contributed by atoms with Gasteiger partial charge in [0.05, 0.1) is 44.9 Å². The lowest BCUT2D eigenvalue weighted by molar-refractivity contribution is 0.0599. The number of nitrogens with zero attached hydrogens (tertiary/aromatic N) is 6. The molecule has 2 aliphatic rings. The molecule has 4 aromatic rings. The molecule has 6 rings (SSSR count). The number of pyridine rings is 2. The van der Waals surface area contributed by atoms with Crippen LogP contribution >= 0.6 is 0 Å². The van der Waals surface area contributed by atoms with E-state index in [1.165, 1.54) is 44.8 Å². The summed E-state index contributed by atoms with van der Waals surface area (Å²) in [6, 6.07) is 5.18. The summed E-state index contributed by atoms with van der Waals surface area (Å²) in [5, 5.41) is 0.327. The van der Waals surface area contributed by atoms with Gasteiger partial charge in [-0.3, -0.25) is 4.72 Å². The monoisotopic (exact) mass is 685 g/mol. The minimum absolute atomic E-state index is 0.0149. The van der Waals surface area contributed by atoms with Crippen molar-refractivity contribution >= 4 is 44.3 Å². The Bertz CT molecular complexity index is 1950. The van der Waals surface area contributed by atoms with Crippen molar-refractivity contribution in [1.82, 2.24) is 19.9 Å². The van der Waals surface area contributed by atoms with Crippen LogP contribution in [0.1, 0.15) is 23.2 Å². The maximum absolute atomic E-state index is 15.3. The Morgan fingerprint density at radius 1 is 0.979 bits per heavy atom. The number of esters is 1. The Hall–Kier alpha value is -4.90. The number of ether oxygens (including phenoxy) is 4. The smallest absolute Gasteiger partial charge is 0.339 e. The molecule has 48 heavy (non-hydrogen) atoms. The molecule has 254 valence electrons. The number of carbonyl (C=O) groups is 1. The average molecular weight is 686 g/mol. The molecule has 0 unspecified atom stereocenters. The lowest BCUT2D eigenvalue weighted by Crippen LogP contribution is -2.39. The van der Waals surface area contributed by atoms with Crippen molar-refractivity contribution in [2.45, 2.75) is 18.9 Å². The van der Waals surface area contributed by atoms with Crippen LogP contribution in [0.25, 0.3) is 22.2 Å². The Labute approximate surface area is 275 Å².